The van der Waals surface area contributed by atoms with Crippen molar-refractivity contribution in [1.29, 1.82) is 0 Å². The fourth-order valence-corrected chi connectivity index (χ4v) is 7.40. The number of esters is 1. The second-order valence-corrected chi connectivity index (χ2v) is 16.5. The monoisotopic (exact) mass is 792 g/mol. The van der Waals surface area contributed by atoms with Crippen LogP contribution in [0.2, 0.25) is 0 Å². The summed E-state index contributed by atoms with van der Waals surface area (Å²) in [6.45, 7) is 14.7. The first-order chi connectivity index (χ1) is 27.5. The van der Waals surface area contributed by atoms with Crippen molar-refractivity contribution in [2.75, 3.05) is 46.1 Å². The van der Waals surface area contributed by atoms with Crippen LogP contribution in [-0.4, -0.2) is 75.6 Å². The third kappa shape index (κ3) is 37.0. The summed E-state index contributed by atoms with van der Waals surface area (Å²) in [7, 11) is 0. The lowest BCUT2D eigenvalue weighted by molar-refractivity contribution is -0.150. The molecule has 0 saturated carbocycles. The third-order valence-electron chi connectivity index (χ3n) is 11.0. The van der Waals surface area contributed by atoms with Crippen molar-refractivity contribution in [2.45, 2.75) is 239 Å². The number of likely N-dealkylation sites (tertiary alicyclic amines) is 1. The smallest absolute Gasteiger partial charge is 0.306 e. The first-order valence-corrected chi connectivity index (χ1v) is 24.2. The van der Waals surface area contributed by atoms with E-state index in [1.165, 1.54) is 142 Å². The number of carbonyl (C=O) groups excluding carboxylic acids is 1. The molecule has 0 spiro atoms. The Hall–Kier alpha value is -1.25. The van der Waals surface area contributed by atoms with Gasteiger partial charge in [-0.25, -0.2) is 0 Å². The molecule has 1 aliphatic rings. The predicted octanol–water partition coefficient (Wildman–Crippen LogP) is 13.8. The molecule has 0 aromatic rings. The third-order valence-corrected chi connectivity index (χ3v) is 11.0. The van der Waals surface area contributed by atoms with Crippen molar-refractivity contribution < 1.29 is 28.5 Å². The Morgan fingerprint density at radius 1 is 0.518 bits per heavy atom. The fraction of sp³-hybridized carbons (Fsp3) is 0.898. The minimum atomic E-state index is -0.146. The number of unbranched alkanes of at least 4 members (excludes halogenated alkanes) is 20. The molecular formula is C49H93NO6. The molecule has 3 atom stereocenters. The zero-order chi connectivity index (χ0) is 40.4. The Bertz CT molecular complexity index is 875. The van der Waals surface area contributed by atoms with E-state index in [0.29, 0.717) is 19.6 Å². The first-order valence-electron chi connectivity index (χ1n) is 24.2. The summed E-state index contributed by atoms with van der Waals surface area (Å²) in [5, 5.41) is 0. The van der Waals surface area contributed by atoms with Crippen LogP contribution in [0.5, 0.6) is 0 Å². The molecular weight excluding hydrogens is 699 g/mol. The van der Waals surface area contributed by atoms with Crippen molar-refractivity contribution in [2.24, 2.45) is 0 Å². The Morgan fingerprint density at radius 3 is 1.41 bits per heavy atom. The maximum absolute atomic E-state index is 12.8. The van der Waals surface area contributed by atoms with Gasteiger partial charge in [-0.1, -0.05) is 141 Å². The summed E-state index contributed by atoms with van der Waals surface area (Å²) in [4.78, 5) is 15.3. The highest BCUT2D eigenvalue weighted by molar-refractivity contribution is 5.69. The zero-order valence-electron chi connectivity index (χ0n) is 37.6. The van der Waals surface area contributed by atoms with Crippen LogP contribution >= 0.6 is 0 Å². The Kier molecular flexibility index (Phi) is 39.5. The van der Waals surface area contributed by atoms with E-state index >= 15 is 0 Å². The fourth-order valence-electron chi connectivity index (χ4n) is 7.40. The number of hydrogen-bond donors (Lipinski definition) is 0. The van der Waals surface area contributed by atoms with Gasteiger partial charge < -0.3 is 28.6 Å². The summed E-state index contributed by atoms with van der Waals surface area (Å²) in [5.41, 5.74) is 0. The average molecular weight is 792 g/mol. The van der Waals surface area contributed by atoms with E-state index in [-0.39, 0.29) is 24.7 Å². The molecule has 0 radical (unpaired) electrons. The van der Waals surface area contributed by atoms with E-state index in [2.05, 4.69) is 43.1 Å². The molecule has 0 N–H and O–H groups in total. The quantitative estimate of drug-likeness (QED) is 0.0264. The number of carbonyl (C=O) groups is 1. The normalized spacial score (nSPS) is 15.4. The number of ether oxygens (including phenoxy) is 5. The SMILES string of the molecule is CCCCCC/C=C\COC(C)OCCCCCCCCCCC(CCCCCCCCOC(C)OC/C=C\CCCCCC)OC(=O)CCCN1CCCC1. The minimum absolute atomic E-state index is 0.0146. The molecule has 330 valence electrons. The summed E-state index contributed by atoms with van der Waals surface area (Å²) >= 11 is 0. The van der Waals surface area contributed by atoms with Gasteiger partial charge >= 0.3 is 5.97 Å². The molecule has 0 aliphatic carbocycles. The Labute approximate surface area is 347 Å². The van der Waals surface area contributed by atoms with Crippen molar-refractivity contribution >= 4 is 5.97 Å². The second kappa shape index (κ2) is 41.9. The van der Waals surface area contributed by atoms with E-state index in [1.807, 2.05) is 13.8 Å². The van der Waals surface area contributed by atoms with Crippen molar-refractivity contribution in [3.63, 3.8) is 0 Å². The molecule has 0 aromatic heterocycles. The Balaban J connectivity index is 2.12. The Morgan fingerprint density at radius 2 is 0.946 bits per heavy atom. The lowest BCUT2D eigenvalue weighted by Crippen LogP contribution is -2.23. The van der Waals surface area contributed by atoms with Crippen molar-refractivity contribution in [1.82, 2.24) is 4.90 Å². The molecule has 7 heteroatoms. The van der Waals surface area contributed by atoms with Gasteiger partial charge in [-0.2, -0.15) is 0 Å². The van der Waals surface area contributed by atoms with Gasteiger partial charge in [0.2, 0.25) is 0 Å². The summed E-state index contributed by atoms with van der Waals surface area (Å²) in [6, 6.07) is 0. The highest BCUT2D eigenvalue weighted by Gasteiger charge is 2.16. The molecule has 7 nitrogen and oxygen atoms in total. The molecule has 1 heterocycles. The molecule has 1 aliphatic heterocycles. The van der Waals surface area contributed by atoms with Crippen LogP contribution < -0.4 is 0 Å². The van der Waals surface area contributed by atoms with Crippen molar-refractivity contribution in [3.8, 4) is 0 Å². The van der Waals surface area contributed by atoms with Crippen molar-refractivity contribution in [3.05, 3.63) is 24.3 Å². The number of rotatable bonds is 43. The van der Waals surface area contributed by atoms with E-state index < -0.39 is 0 Å². The van der Waals surface area contributed by atoms with E-state index in [9.17, 15) is 4.79 Å². The molecule has 3 unspecified atom stereocenters. The molecule has 0 bridgehead atoms. The molecule has 0 aromatic carbocycles. The number of hydrogen-bond acceptors (Lipinski definition) is 7. The van der Waals surface area contributed by atoms with Crippen LogP contribution in [0, 0.1) is 0 Å². The highest BCUT2D eigenvalue weighted by Crippen LogP contribution is 2.19. The van der Waals surface area contributed by atoms with Crippen LogP contribution in [0.15, 0.2) is 24.3 Å². The number of nitrogens with zero attached hydrogens (tertiary/aromatic N) is 1. The maximum Gasteiger partial charge on any atom is 0.306 e. The molecule has 1 fully saturated rings. The maximum atomic E-state index is 12.8. The van der Waals surface area contributed by atoms with Gasteiger partial charge in [0.15, 0.2) is 12.6 Å². The minimum Gasteiger partial charge on any atom is -0.462 e. The second-order valence-electron chi connectivity index (χ2n) is 16.5. The van der Waals surface area contributed by atoms with E-state index in [4.69, 9.17) is 23.7 Å². The summed E-state index contributed by atoms with van der Waals surface area (Å²) < 4.78 is 29.3. The van der Waals surface area contributed by atoms with Gasteiger partial charge in [-0.15, -0.1) is 0 Å². The van der Waals surface area contributed by atoms with E-state index in [0.717, 1.165) is 77.5 Å². The van der Waals surface area contributed by atoms with Gasteiger partial charge in [0, 0.05) is 19.6 Å². The largest absolute Gasteiger partial charge is 0.462 e. The summed E-state index contributed by atoms with van der Waals surface area (Å²) in [6.07, 6.45) is 44.3. The number of allylic oxidation sites excluding steroid dienone is 2. The predicted molar refractivity (Wildman–Crippen MR) is 237 cm³/mol. The average Bonchev–Trinajstić information content (AvgIpc) is 3.71. The summed E-state index contributed by atoms with van der Waals surface area (Å²) in [5.74, 6) is 0.0146. The topological polar surface area (TPSA) is 66.5 Å². The first kappa shape index (κ1) is 52.8. The molecule has 0 amide bonds. The lowest BCUT2D eigenvalue weighted by Gasteiger charge is -2.19. The molecule has 56 heavy (non-hydrogen) atoms. The van der Waals surface area contributed by atoms with Crippen LogP contribution in [0.4, 0.5) is 0 Å². The van der Waals surface area contributed by atoms with Crippen LogP contribution in [0.3, 0.4) is 0 Å². The van der Waals surface area contributed by atoms with E-state index in [1.54, 1.807) is 0 Å². The molecule has 1 rings (SSSR count). The van der Waals surface area contributed by atoms with Gasteiger partial charge in [0.05, 0.1) is 13.2 Å². The van der Waals surface area contributed by atoms with Crippen LogP contribution in [0.1, 0.15) is 220 Å². The lowest BCUT2D eigenvalue weighted by atomic mass is 10.0. The zero-order valence-corrected chi connectivity index (χ0v) is 37.6. The highest BCUT2D eigenvalue weighted by atomic mass is 16.7. The van der Waals surface area contributed by atoms with Crippen LogP contribution in [-0.2, 0) is 28.5 Å². The van der Waals surface area contributed by atoms with Gasteiger partial charge in [-0.3, -0.25) is 4.79 Å². The van der Waals surface area contributed by atoms with Crippen LogP contribution in [0.25, 0.3) is 0 Å². The molecule has 1 saturated heterocycles. The standard InChI is InChI=1S/C49H93NO6/c1-5-7-9-11-17-23-31-42-52-46(3)54-44-33-25-19-14-13-15-21-27-36-48(56-49(51)38-35-41-50-39-29-30-40-50)37-28-22-16-20-26-34-45-55-47(4)53-43-32-24-18-12-10-8-6-2/h23-24,31-32,46-48H,5-22,25-30,33-45H2,1-4H3/b31-23-,32-24-. The van der Waals surface area contributed by atoms with Gasteiger partial charge in [0.1, 0.15) is 6.10 Å². The van der Waals surface area contributed by atoms with Gasteiger partial charge in [-0.05, 0) is 117 Å². The van der Waals surface area contributed by atoms with Gasteiger partial charge in [0.25, 0.3) is 0 Å².